The molecule has 0 radical (unpaired) electrons. The van der Waals surface area contributed by atoms with Crippen molar-refractivity contribution >= 4 is 33.5 Å². The first-order chi connectivity index (χ1) is 14.9. The number of nitrogens with two attached hydrogens (primary N) is 1. The number of aliphatic carboxylic acids is 1. The fourth-order valence-corrected chi connectivity index (χ4v) is 5.12. The fraction of sp³-hybridized carbons (Fsp3) is 0.300. The number of benzene rings is 2. The minimum Gasteiger partial charge on any atom is -0.481 e. The van der Waals surface area contributed by atoms with Crippen LogP contribution in [0.3, 0.4) is 0 Å². The second kappa shape index (κ2) is 10.3. The molecule has 1 saturated heterocycles. The fourth-order valence-electron chi connectivity index (χ4n) is 3.10. The van der Waals surface area contributed by atoms with Crippen LogP contribution >= 0.6 is 11.6 Å². The van der Waals surface area contributed by atoms with Gasteiger partial charge in [-0.2, -0.15) is 17.5 Å². The molecular formula is C20H20ClF3N2O5S. The molecule has 7 nitrogen and oxygen atoms in total. The first-order valence-electron chi connectivity index (χ1n) is 9.29. The van der Waals surface area contributed by atoms with E-state index in [0.717, 1.165) is 12.1 Å². The van der Waals surface area contributed by atoms with Crippen LogP contribution in [0.2, 0.25) is 5.02 Å². The number of amides is 1. The maximum Gasteiger partial charge on any atom is 0.417 e. The lowest BCUT2D eigenvalue weighted by Crippen LogP contribution is -2.42. The molecule has 2 aromatic carbocycles. The van der Waals surface area contributed by atoms with Crippen LogP contribution in [0.15, 0.2) is 53.4 Å². The lowest BCUT2D eigenvalue weighted by atomic mass is 10.0. The maximum atomic E-state index is 12.4. The Morgan fingerprint density at radius 1 is 1.09 bits per heavy atom. The lowest BCUT2D eigenvalue weighted by molar-refractivity contribution is -0.143. The summed E-state index contributed by atoms with van der Waals surface area (Å²) < 4.78 is 62.7. The van der Waals surface area contributed by atoms with Crippen molar-refractivity contribution in [1.82, 2.24) is 4.31 Å². The molecule has 3 rings (SSSR count). The number of primary amides is 1. The van der Waals surface area contributed by atoms with Crippen LogP contribution in [-0.2, 0) is 21.0 Å². The molecule has 1 atom stereocenters. The molecule has 12 heteroatoms. The summed E-state index contributed by atoms with van der Waals surface area (Å²) in [4.78, 5) is 21.6. The van der Waals surface area contributed by atoms with Gasteiger partial charge >= 0.3 is 12.1 Å². The normalized spacial score (nSPS) is 17.2. The van der Waals surface area contributed by atoms with Gasteiger partial charge in [-0.3, -0.25) is 9.59 Å². The first-order valence-corrected chi connectivity index (χ1v) is 11.1. The van der Waals surface area contributed by atoms with Gasteiger partial charge in [0.15, 0.2) is 0 Å². The van der Waals surface area contributed by atoms with Crippen molar-refractivity contribution in [3.05, 3.63) is 64.7 Å². The topological polar surface area (TPSA) is 118 Å². The van der Waals surface area contributed by atoms with Gasteiger partial charge in [-0.05, 0) is 37.1 Å². The van der Waals surface area contributed by atoms with Gasteiger partial charge < -0.3 is 10.8 Å². The van der Waals surface area contributed by atoms with Gasteiger partial charge in [0.2, 0.25) is 15.9 Å². The van der Waals surface area contributed by atoms with E-state index in [2.05, 4.69) is 0 Å². The van der Waals surface area contributed by atoms with E-state index in [1.807, 2.05) is 0 Å². The predicted octanol–water partition coefficient (Wildman–Crippen LogP) is 3.63. The Labute approximate surface area is 187 Å². The SMILES string of the molecule is NC(=O)c1ccccc1C(F)(F)F.O=C(O)C1CCCN(S(=O)(=O)c2ccccc2Cl)C1. The van der Waals surface area contributed by atoms with Crippen molar-refractivity contribution < 1.29 is 36.3 Å². The molecule has 2 aromatic rings. The Balaban J connectivity index is 0.000000244. The van der Waals surface area contributed by atoms with E-state index >= 15 is 0 Å². The minimum atomic E-state index is -4.54. The van der Waals surface area contributed by atoms with Crippen LogP contribution < -0.4 is 5.73 Å². The highest BCUT2D eigenvalue weighted by Gasteiger charge is 2.35. The number of hydrogen-bond donors (Lipinski definition) is 2. The Morgan fingerprint density at radius 2 is 1.69 bits per heavy atom. The Morgan fingerprint density at radius 3 is 2.22 bits per heavy atom. The highest BCUT2D eigenvalue weighted by atomic mass is 35.5. The third-order valence-corrected chi connectivity index (χ3v) is 7.05. The molecule has 32 heavy (non-hydrogen) atoms. The molecule has 1 unspecified atom stereocenters. The van der Waals surface area contributed by atoms with E-state index in [9.17, 15) is 31.2 Å². The van der Waals surface area contributed by atoms with Crippen LogP contribution in [0.5, 0.6) is 0 Å². The van der Waals surface area contributed by atoms with Gasteiger partial charge in [-0.15, -0.1) is 0 Å². The summed E-state index contributed by atoms with van der Waals surface area (Å²) in [7, 11) is -3.72. The number of alkyl halides is 3. The van der Waals surface area contributed by atoms with Crippen molar-refractivity contribution in [3.63, 3.8) is 0 Å². The largest absolute Gasteiger partial charge is 0.481 e. The second-order valence-electron chi connectivity index (χ2n) is 6.88. The third kappa shape index (κ3) is 6.21. The lowest BCUT2D eigenvalue weighted by Gasteiger charge is -2.30. The molecule has 0 bridgehead atoms. The molecule has 0 aliphatic carbocycles. The van der Waals surface area contributed by atoms with Crippen molar-refractivity contribution in [2.45, 2.75) is 23.9 Å². The Bertz CT molecular complexity index is 1090. The van der Waals surface area contributed by atoms with Crippen LogP contribution in [0.1, 0.15) is 28.8 Å². The zero-order valence-corrected chi connectivity index (χ0v) is 18.1. The van der Waals surface area contributed by atoms with Gasteiger partial charge in [-0.25, -0.2) is 8.42 Å². The van der Waals surface area contributed by atoms with E-state index in [1.165, 1.54) is 28.6 Å². The summed E-state index contributed by atoms with van der Waals surface area (Å²) in [5, 5.41) is 9.15. The third-order valence-electron chi connectivity index (χ3n) is 4.69. The number of carbonyl (C=O) groups excluding carboxylic acids is 1. The van der Waals surface area contributed by atoms with E-state index in [4.69, 9.17) is 22.4 Å². The van der Waals surface area contributed by atoms with E-state index in [-0.39, 0.29) is 16.5 Å². The molecule has 1 aliphatic heterocycles. The highest BCUT2D eigenvalue weighted by molar-refractivity contribution is 7.89. The summed E-state index contributed by atoms with van der Waals surface area (Å²) in [6.07, 6.45) is -3.49. The average Bonchev–Trinajstić information content (AvgIpc) is 2.74. The van der Waals surface area contributed by atoms with Crippen LogP contribution in [-0.4, -0.2) is 42.8 Å². The quantitative estimate of drug-likeness (QED) is 0.675. The number of hydrogen-bond acceptors (Lipinski definition) is 4. The summed E-state index contributed by atoms with van der Waals surface area (Å²) >= 11 is 5.90. The molecule has 1 heterocycles. The average molecular weight is 493 g/mol. The number of carboxylic acids is 1. The number of carboxylic acid groups (broad SMARTS) is 1. The van der Waals surface area contributed by atoms with Crippen LogP contribution in [0.25, 0.3) is 0 Å². The molecule has 0 spiro atoms. The van der Waals surface area contributed by atoms with Crippen molar-refractivity contribution in [2.75, 3.05) is 13.1 Å². The summed E-state index contributed by atoms with van der Waals surface area (Å²) in [6, 6.07) is 10.6. The molecule has 1 amide bonds. The molecule has 0 aromatic heterocycles. The van der Waals surface area contributed by atoms with E-state index in [1.54, 1.807) is 12.1 Å². The smallest absolute Gasteiger partial charge is 0.417 e. The summed E-state index contributed by atoms with van der Waals surface area (Å²) in [6.45, 7) is 0.334. The van der Waals surface area contributed by atoms with Crippen molar-refractivity contribution in [1.29, 1.82) is 0 Å². The van der Waals surface area contributed by atoms with Crippen molar-refractivity contribution in [3.8, 4) is 0 Å². The summed E-state index contributed by atoms with van der Waals surface area (Å²) in [5.74, 6) is -2.68. The van der Waals surface area contributed by atoms with Crippen LogP contribution in [0.4, 0.5) is 13.2 Å². The van der Waals surface area contributed by atoms with Crippen molar-refractivity contribution in [2.24, 2.45) is 11.7 Å². The highest BCUT2D eigenvalue weighted by Crippen LogP contribution is 2.31. The van der Waals surface area contributed by atoms with Crippen LogP contribution in [0, 0.1) is 5.92 Å². The first kappa shape index (κ1) is 25.6. The molecule has 1 aliphatic rings. The van der Waals surface area contributed by atoms with Gasteiger partial charge in [0, 0.05) is 13.1 Å². The number of rotatable bonds is 4. The molecule has 174 valence electrons. The summed E-state index contributed by atoms with van der Waals surface area (Å²) in [5.41, 5.74) is 3.27. The van der Waals surface area contributed by atoms with Gasteiger partial charge in [0.1, 0.15) is 4.90 Å². The maximum absolute atomic E-state index is 12.4. The van der Waals surface area contributed by atoms with Gasteiger partial charge in [0.25, 0.3) is 0 Å². The second-order valence-corrected chi connectivity index (χ2v) is 9.19. The number of sulfonamides is 1. The van der Waals surface area contributed by atoms with E-state index < -0.39 is 45.1 Å². The van der Waals surface area contributed by atoms with Gasteiger partial charge in [-0.1, -0.05) is 35.9 Å². The monoisotopic (exact) mass is 492 g/mol. The number of nitrogens with zero attached hydrogens (tertiary/aromatic N) is 1. The Kier molecular flexibility index (Phi) is 8.27. The predicted molar refractivity (Wildman–Crippen MR) is 111 cm³/mol. The number of halogens is 4. The van der Waals surface area contributed by atoms with Gasteiger partial charge in [0.05, 0.1) is 22.1 Å². The Hall–Kier alpha value is -2.63. The molecular weight excluding hydrogens is 473 g/mol. The zero-order valence-electron chi connectivity index (χ0n) is 16.5. The number of piperidine rings is 1. The minimum absolute atomic E-state index is 0.00287. The zero-order chi connectivity index (χ0) is 24.1. The molecule has 0 saturated carbocycles. The number of carbonyl (C=O) groups is 2. The molecule has 3 N–H and O–H groups in total. The standard InChI is InChI=1S/C12H14ClNO4S.C8H6F3NO/c13-10-5-1-2-6-11(10)19(17,18)14-7-3-4-9(8-14)12(15)16;9-8(10,11)6-4-2-1-3-5(6)7(12)13/h1-2,5-6,9H,3-4,7-8H2,(H,15,16);1-4H,(H2,12,13). The molecule has 1 fully saturated rings. The van der Waals surface area contributed by atoms with E-state index in [0.29, 0.717) is 19.4 Å².